The second-order valence-corrected chi connectivity index (χ2v) is 9.07. The molecule has 1 atom stereocenters. The van der Waals surface area contributed by atoms with Crippen LogP contribution in [-0.2, 0) is 9.53 Å². The van der Waals surface area contributed by atoms with Crippen LogP contribution in [0, 0.1) is 0 Å². The van der Waals surface area contributed by atoms with Gasteiger partial charge in [-0.25, -0.2) is 9.59 Å². The van der Waals surface area contributed by atoms with E-state index in [1.165, 1.54) is 12.0 Å². The molecule has 0 bridgehead atoms. The highest BCUT2D eigenvalue weighted by Gasteiger charge is 2.38. The molecule has 0 radical (unpaired) electrons. The topological polar surface area (TPSA) is 101 Å². The number of methoxy groups -OCH3 is 2. The Morgan fingerprint density at radius 3 is 2.29 bits per heavy atom. The first-order chi connectivity index (χ1) is 18.4. The number of likely N-dealkylation sites (N-methyl/N-ethyl adjacent to an activating group) is 1. The second-order valence-electron chi connectivity index (χ2n) is 9.07. The summed E-state index contributed by atoms with van der Waals surface area (Å²) in [6.07, 6.45) is 0. The van der Waals surface area contributed by atoms with E-state index >= 15 is 0 Å². The first-order valence-electron chi connectivity index (χ1n) is 12.6. The predicted molar refractivity (Wildman–Crippen MR) is 141 cm³/mol. The lowest BCUT2D eigenvalue weighted by molar-refractivity contribution is -0.139. The Balaban J connectivity index is 1.61. The lowest BCUT2D eigenvalue weighted by atomic mass is 9.94. The van der Waals surface area contributed by atoms with Crippen molar-refractivity contribution in [2.75, 3.05) is 60.6 Å². The molecule has 0 saturated carbocycles. The van der Waals surface area contributed by atoms with Crippen molar-refractivity contribution < 1.29 is 28.6 Å². The van der Waals surface area contributed by atoms with Crippen molar-refractivity contribution in [2.24, 2.45) is 0 Å². The fourth-order valence-electron chi connectivity index (χ4n) is 4.76. The highest BCUT2D eigenvalue weighted by atomic mass is 16.5. The number of piperazine rings is 1. The van der Waals surface area contributed by atoms with Gasteiger partial charge in [-0.2, -0.15) is 0 Å². The molecule has 2 aromatic carbocycles. The zero-order valence-corrected chi connectivity index (χ0v) is 22.2. The molecule has 2 aromatic rings. The summed E-state index contributed by atoms with van der Waals surface area (Å²) in [6, 6.07) is 13.4. The molecule has 3 amide bonds. The standard InChI is InChI=1S/C28H34N4O6/c1-5-38-27(34)24-21(18-31-13-15-32(16-14-31)26(33)19-9-7-6-8-10-19)30(2)28(35)29-25(24)20-11-12-22(36-3)23(17-20)37-4/h6-12,17,25H,5,13-16,18H2,1-4H3,(H,29,35)/t25-/m1/s1. The number of rotatable bonds is 8. The van der Waals surface area contributed by atoms with Gasteiger partial charge in [0.25, 0.3) is 5.91 Å². The number of urea groups is 1. The van der Waals surface area contributed by atoms with Gasteiger partial charge in [0.2, 0.25) is 0 Å². The maximum absolute atomic E-state index is 13.3. The number of benzene rings is 2. The van der Waals surface area contributed by atoms with Crippen LogP contribution in [0.4, 0.5) is 4.79 Å². The van der Waals surface area contributed by atoms with Crippen LogP contribution in [0.15, 0.2) is 59.8 Å². The largest absolute Gasteiger partial charge is 0.493 e. The van der Waals surface area contributed by atoms with E-state index < -0.39 is 12.0 Å². The fraction of sp³-hybridized carbons (Fsp3) is 0.393. The number of esters is 1. The van der Waals surface area contributed by atoms with Gasteiger partial charge in [-0.15, -0.1) is 0 Å². The molecule has 1 fully saturated rings. The molecule has 1 saturated heterocycles. The van der Waals surface area contributed by atoms with Gasteiger partial charge in [0.15, 0.2) is 11.5 Å². The van der Waals surface area contributed by atoms with E-state index in [0.717, 1.165) is 0 Å². The molecule has 0 aliphatic carbocycles. The van der Waals surface area contributed by atoms with Gasteiger partial charge < -0.3 is 24.4 Å². The number of nitrogens with one attached hydrogen (secondary N) is 1. The number of ether oxygens (including phenoxy) is 3. The van der Waals surface area contributed by atoms with Crippen molar-refractivity contribution in [3.63, 3.8) is 0 Å². The molecule has 0 spiro atoms. The molecular formula is C28H34N4O6. The number of nitrogens with zero attached hydrogens (tertiary/aromatic N) is 3. The lowest BCUT2D eigenvalue weighted by Gasteiger charge is -2.39. The van der Waals surface area contributed by atoms with Gasteiger partial charge in [0.05, 0.1) is 32.4 Å². The van der Waals surface area contributed by atoms with E-state index in [-0.39, 0.29) is 18.5 Å². The lowest BCUT2D eigenvalue weighted by Crippen LogP contribution is -2.53. The molecule has 0 aromatic heterocycles. The van der Waals surface area contributed by atoms with Crippen LogP contribution in [0.5, 0.6) is 11.5 Å². The minimum Gasteiger partial charge on any atom is -0.493 e. The maximum atomic E-state index is 13.3. The van der Waals surface area contributed by atoms with Gasteiger partial charge >= 0.3 is 12.0 Å². The Morgan fingerprint density at radius 1 is 0.974 bits per heavy atom. The van der Waals surface area contributed by atoms with E-state index in [2.05, 4.69) is 10.2 Å². The molecule has 38 heavy (non-hydrogen) atoms. The van der Waals surface area contributed by atoms with Crippen LogP contribution < -0.4 is 14.8 Å². The third kappa shape index (κ3) is 5.60. The van der Waals surface area contributed by atoms with Crippen LogP contribution in [0.1, 0.15) is 28.9 Å². The van der Waals surface area contributed by atoms with E-state index in [1.54, 1.807) is 39.3 Å². The number of carbonyl (C=O) groups is 3. The third-order valence-electron chi connectivity index (χ3n) is 6.87. The third-order valence-corrected chi connectivity index (χ3v) is 6.87. The van der Waals surface area contributed by atoms with Gasteiger partial charge in [-0.3, -0.25) is 14.6 Å². The van der Waals surface area contributed by atoms with Gasteiger partial charge in [0.1, 0.15) is 0 Å². The Morgan fingerprint density at radius 2 is 1.66 bits per heavy atom. The Bertz CT molecular complexity index is 1210. The van der Waals surface area contributed by atoms with Crippen molar-refractivity contribution >= 4 is 17.9 Å². The van der Waals surface area contributed by atoms with Crippen molar-refractivity contribution in [2.45, 2.75) is 13.0 Å². The quantitative estimate of drug-likeness (QED) is 0.532. The van der Waals surface area contributed by atoms with E-state index in [4.69, 9.17) is 14.2 Å². The molecule has 2 aliphatic heterocycles. The number of hydrogen-bond donors (Lipinski definition) is 1. The minimum absolute atomic E-state index is 0.000595. The SMILES string of the molecule is CCOC(=O)C1=C(CN2CCN(C(=O)c3ccccc3)CC2)N(C)C(=O)N[C@@H]1c1ccc(OC)c(OC)c1. The highest BCUT2D eigenvalue weighted by molar-refractivity contribution is 5.95. The summed E-state index contributed by atoms with van der Waals surface area (Å²) in [5, 5.41) is 2.93. The Kier molecular flexibility index (Phi) is 8.52. The highest BCUT2D eigenvalue weighted by Crippen LogP contribution is 2.36. The fourth-order valence-corrected chi connectivity index (χ4v) is 4.76. The minimum atomic E-state index is -0.728. The molecule has 10 heteroatoms. The summed E-state index contributed by atoms with van der Waals surface area (Å²) < 4.78 is 16.2. The van der Waals surface area contributed by atoms with Crippen molar-refractivity contribution in [3.05, 3.63) is 70.9 Å². The van der Waals surface area contributed by atoms with E-state index in [1.807, 2.05) is 35.2 Å². The van der Waals surface area contributed by atoms with Crippen molar-refractivity contribution in [3.8, 4) is 11.5 Å². The average molecular weight is 523 g/mol. The molecular weight excluding hydrogens is 488 g/mol. The normalized spacial score (nSPS) is 18.2. The Hall–Kier alpha value is -4.05. The second kappa shape index (κ2) is 12.0. The first kappa shape index (κ1) is 27.0. The summed E-state index contributed by atoms with van der Waals surface area (Å²) in [6.45, 7) is 4.61. The maximum Gasteiger partial charge on any atom is 0.338 e. The molecule has 10 nitrogen and oxygen atoms in total. The van der Waals surface area contributed by atoms with Crippen LogP contribution in [0.25, 0.3) is 0 Å². The smallest absolute Gasteiger partial charge is 0.338 e. The van der Waals surface area contributed by atoms with Crippen LogP contribution >= 0.6 is 0 Å². The summed E-state index contributed by atoms with van der Waals surface area (Å²) in [5.41, 5.74) is 2.26. The van der Waals surface area contributed by atoms with Crippen molar-refractivity contribution in [1.29, 1.82) is 0 Å². The molecule has 202 valence electrons. The van der Waals surface area contributed by atoms with Crippen LogP contribution in [0.2, 0.25) is 0 Å². The monoisotopic (exact) mass is 522 g/mol. The predicted octanol–water partition coefficient (Wildman–Crippen LogP) is 2.68. The molecule has 1 N–H and O–H groups in total. The van der Waals surface area contributed by atoms with E-state index in [9.17, 15) is 14.4 Å². The number of amides is 3. The van der Waals surface area contributed by atoms with Gasteiger partial charge in [-0.1, -0.05) is 24.3 Å². The van der Waals surface area contributed by atoms with Crippen molar-refractivity contribution in [1.82, 2.24) is 20.0 Å². The summed E-state index contributed by atoms with van der Waals surface area (Å²) in [4.78, 5) is 44.6. The van der Waals surface area contributed by atoms with Gasteiger partial charge in [0, 0.05) is 51.0 Å². The summed E-state index contributed by atoms with van der Waals surface area (Å²) >= 11 is 0. The Labute approximate surface area is 222 Å². The number of carbonyl (C=O) groups excluding carboxylic acids is 3. The number of hydrogen-bond acceptors (Lipinski definition) is 7. The molecule has 4 rings (SSSR count). The summed E-state index contributed by atoms with van der Waals surface area (Å²) in [5.74, 6) is 0.536. The molecule has 2 aliphatic rings. The van der Waals surface area contributed by atoms with Crippen LogP contribution in [-0.4, -0.2) is 93.2 Å². The average Bonchev–Trinajstić information content (AvgIpc) is 2.95. The molecule has 0 unspecified atom stereocenters. The molecule has 2 heterocycles. The van der Waals surface area contributed by atoms with E-state index in [0.29, 0.717) is 66.6 Å². The zero-order valence-electron chi connectivity index (χ0n) is 22.2. The first-order valence-corrected chi connectivity index (χ1v) is 12.6. The van der Waals surface area contributed by atoms with Gasteiger partial charge in [-0.05, 0) is 36.8 Å². The zero-order chi connectivity index (χ0) is 27.2. The summed E-state index contributed by atoms with van der Waals surface area (Å²) in [7, 11) is 4.72. The van der Waals surface area contributed by atoms with Crippen LogP contribution in [0.3, 0.4) is 0 Å².